The SMILES string of the molecule is CCC1CCCC(c2ccc3nc(NC(=O)c4sc5nc6cc(OC)ccc6cc5c4CN)sc3c2)C1. The van der Waals surface area contributed by atoms with Gasteiger partial charge in [0.2, 0.25) is 0 Å². The standard InChI is InChI=1S/C29H30N4O2S2/c1-3-16-5-4-6-17(11-16)18-8-10-23-25(13-18)36-29(32-23)33-27(34)26-22(15-30)21-12-19-7-9-20(35-2)14-24(19)31-28(21)37-26/h7-10,12-14,16-17H,3-6,11,15,30H2,1-2H3,(H,32,33,34). The molecule has 3 heterocycles. The van der Waals surface area contributed by atoms with E-state index < -0.39 is 0 Å². The lowest BCUT2D eigenvalue weighted by Crippen LogP contribution is -2.13. The minimum atomic E-state index is -0.192. The van der Waals surface area contributed by atoms with Gasteiger partial charge in [0.05, 0.1) is 27.7 Å². The van der Waals surface area contributed by atoms with Crippen LogP contribution in [-0.4, -0.2) is 23.0 Å². The number of thiophene rings is 1. The van der Waals surface area contributed by atoms with Crippen LogP contribution in [0, 0.1) is 5.92 Å². The molecule has 1 aliphatic rings. The molecule has 1 saturated carbocycles. The molecule has 3 aromatic heterocycles. The van der Waals surface area contributed by atoms with Crippen molar-refractivity contribution >= 4 is 65.0 Å². The number of pyridine rings is 1. The summed E-state index contributed by atoms with van der Waals surface area (Å²) in [6.07, 6.45) is 6.45. The van der Waals surface area contributed by atoms with Gasteiger partial charge in [-0.3, -0.25) is 10.1 Å². The molecular weight excluding hydrogens is 500 g/mol. The number of carbonyl (C=O) groups excluding carboxylic acids is 1. The molecule has 37 heavy (non-hydrogen) atoms. The second kappa shape index (κ2) is 10.0. The quantitative estimate of drug-likeness (QED) is 0.238. The third-order valence-corrected chi connectivity index (χ3v) is 9.74. The summed E-state index contributed by atoms with van der Waals surface area (Å²) < 4.78 is 6.45. The number of fused-ring (bicyclic) bond motifs is 3. The number of ether oxygens (including phenoxy) is 1. The fourth-order valence-electron chi connectivity index (χ4n) is 5.58. The maximum atomic E-state index is 13.4. The summed E-state index contributed by atoms with van der Waals surface area (Å²) in [5.74, 6) is 2.01. The van der Waals surface area contributed by atoms with Crippen LogP contribution in [0.15, 0.2) is 42.5 Å². The summed E-state index contributed by atoms with van der Waals surface area (Å²) in [6.45, 7) is 2.56. The Morgan fingerprint density at radius 1 is 1.11 bits per heavy atom. The van der Waals surface area contributed by atoms with E-state index in [1.54, 1.807) is 7.11 Å². The summed E-state index contributed by atoms with van der Waals surface area (Å²) in [7, 11) is 1.64. The van der Waals surface area contributed by atoms with Crippen molar-refractivity contribution in [1.82, 2.24) is 9.97 Å². The Kier molecular flexibility index (Phi) is 6.56. The number of carbonyl (C=O) groups is 1. The second-order valence-electron chi connectivity index (χ2n) is 9.85. The van der Waals surface area contributed by atoms with E-state index in [1.165, 1.54) is 60.3 Å². The zero-order chi connectivity index (χ0) is 25.5. The van der Waals surface area contributed by atoms with Crippen LogP contribution in [0.5, 0.6) is 5.75 Å². The molecule has 1 aliphatic carbocycles. The van der Waals surface area contributed by atoms with Gasteiger partial charge in [-0.2, -0.15) is 0 Å². The van der Waals surface area contributed by atoms with Crippen molar-refractivity contribution in [2.24, 2.45) is 11.7 Å². The molecule has 6 rings (SSSR count). The molecule has 0 saturated heterocycles. The molecule has 6 nitrogen and oxygen atoms in total. The first kappa shape index (κ1) is 24.3. The number of hydrogen-bond donors (Lipinski definition) is 2. The first-order valence-corrected chi connectivity index (χ1v) is 14.5. The second-order valence-corrected chi connectivity index (χ2v) is 11.9. The van der Waals surface area contributed by atoms with Crippen molar-refractivity contribution in [2.45, 2.75) is 51.5 Å². The summed E-state index contributed by atoms with van der Waals surface area (Å²) in [5.41, 5.74) is 10.1. The first-order valence-electron chi connectivity index (χ1n) is 12.9. The third kappa shape index (κ3) is 4.58. The normalized spacial score (nSPS) is 18.0. The van der Waals surface area contributed by atoms with Crippen LogP contribution in [0.4, 0.5) is 5.13 Å². The van der Waals surface area contributed by atoms with E-state index in [0.29, 0.717) is 15.9 Å². The molecule has 1 fully saturated rings. The van der Waals surface area contributed by atoms with E-state index in [0.717, 1.165) is 48.6 Å². The Hall–Kier alpha value is -3.07. The number of hydrogen-bond acceptors (Lipinski definition) is 7. The maximum Gasteiger partial charge on any atom is 0.267 e. The van der Waals surface area contributed by atoms with E-state index in [2.05, 4.69) is 36.5 Å². The molecule has 0 aliphatic heterocycles. The molecule has 0 bridgehead atoms. The van der Waals surface area contributed by atoms with Crippen LogP contribution >= 0.6 is 22.7 Å². The summed E-state index contributed by atoms with van der Waals surface area (Å²) in [6, 6.07) is 14.4. The highest BCUT2D eigenvalue weighted by molar-refractivity contribution is 7.23. The van der Waals surface area contributed by atoms with E-state index in [4.69, 9.17) is 20.4 Å². The van der Waals surface area contributed by atoms with Gasteiger partial charge in [-0.1, -0.05) is 43.6 Å². The number of rotatable bonds is 6. The Bertz CT molecular complexity index is 1620. The molecule has 3 N–H and O–H groups in total. The van der Waals surface area contributed by atoms with Gasteiger partial charge in [-0.05, 0) is 66.1 Å². The van der Waals surface area contributed by atoms with Crippen molar-refractivity contribution in [3.05, 3.63) is 58.5 Å². The number of amides is 1. The Balaban J connectivity index is 1.28. The lowest BCUT2D eigenvalue weighted by atomic mass is 9.77. The van der Waals surface area contributed by atoms with Crippen LogP contribution in [0.3, 0.4) is 0 Å². The lowest BCUT2D eigenvalue weighted by molar-refractivity contribution is 0.103. The summed E-state index contributed by atoms with van der Waals surface area (Å²) >= 11 is 2.90. The van der Waals surface area contributed by atoms with Gasteiger partial charge >= 0.3 is 0 Å². The molecule has 2 aromatic carbocycles. The number of methoxy groups -OCH3 is 1. The predicted molar refractivity (Wildman–Crippen MR) is 154 cm³/mol. The van der Waals surface area contributed by atoms with Crippen LogP contribution in [0.25, 0.3) is 31.3 Å². The summed E-state index contributed by atoms with van der Waals surface area (Å²) in [4.78, 5) is 24.2. The Morgan fingerprint density at radius 2 is 2.00 bits per heavy atom. The average Bonchev–Trinajstić information content (AvgIpc) is 3.50. The zero-order valence-electron chi connectivity index (χ0n) is 21.0. The first-order chi connectivity index (χ1) is 18.1. The number of nitrogens with one attached hydrogen (secondary N) is 1. The van der Waals surface area contributed by atoms with Gasteiger partial charge in [0, 0.05) is 23.4 Å². The third-order valence-electron chi connectivity index (χ3n) is 7.66. The number of benzene rings is 2. The highest BCUT2D eigenvalue weighted by Crippen LogP contribution is 2.40. The smallest absolute Gasteiger partial charge is 0.267 e. The van der Waals surface area contributed by atoms with Gasteiger partial charge < -0.3 is 10.5 Å². The fraction of sp³-hybridized carbons (Fsp3) is 0.345. The van der Waals surface area contributed by atoms with Crippen molar-refractivity contribution in [1.29, 1.82) is 0 Å². The molecule has 2 unspecified atom stereocenters. The molecule has 2 atom stereocenters. The molecule has 190 valence electrons. The van der Waals surface area contributed by atoms with Crippen molar-refractivity contribution < 1.29 is 9.53 Å². The predicted octanol–water partition coefficient (Wildman–Crippen LogP) is 7.46. The van der Waals surface area contributed by atoms with E-state index in [9.17, 15) is 4.79 Å². The van der Waals surface area contributed by atoms with Gasteiger partial charge in [0.15, 0.2) is 5.13 Å². The van der Waals surface area contributed by atoms with E-state index in [-0.39, 0.29) is 12.5 Å². The molecule has 0 radical (unpaired) electrons. The van der Waals surface area contributed by atoms with Crippen LogP contribution in [0.2, 0.25) is 0 Å². The highest BCUT2D eigenvalue weighted by atomic mass is 32.1. The van der Waals surface area contributed by atoms with E-state index in [1.807, 2.05) is 18.2 Å². The molecule has 0 spiro atoms. The van der Waals surface area contributed by atoms with Gasteiger partial charge in [0.1, 0.15) is 10.6 Å². The number of nitrogens with zero attached hydrogens (tertiary/aromatic N) is 2. The lowest BCUT2D eigenvalue weighted by Gasteiger charge is -2.28. The highest BCUT2D eigenvalue weighted by Gasteiger charge is 2.23. The van der Waals surface area contributed by atoms with Crippen molar-refractivity contribution in [3.63, 3.8) is 0 Å². The molecule has 5 aromatic rings. The van der Waals surface area contributed by atoms with Crippen LogP contribution in [0.1, 0.15) is 65.7 Å². The van der Waals surface area contributed by atoms with Crippen LogP contribution < -0.4 is 15.8 Å². The van der Waals surface area contributed by atoms with Crippen LogP contribution in [-0.2, 0) is 6.54 Å². The van der Waals surface area contributed by atoms with Gasteiger partial charge in [-0.25, -0.2) is 9.97 Å². The minimum absolute atomic E-state index is 0.192. The molecular formula is C29H30N4O2S2. The monoisotopic (exact) mass is 530 g/mol. The van der Waals surface area contributed by atoms with E-state index >= 15 is 0 Å². The number of nitrogens with two attached hydrogens (primary N) is 1. The molecule has 8 heteroatoms. The maximum absolute atomic E-state index is 13.4. The summed E-state index contributed by atoms with van der Waals surface area (Å²) in [5, 5.41) is 5.54. The molecule has 1 amide bonds. The number of anilines is 1. The van der Waals surface area contributed by atoms with Crippen molar-refractivity contribution in [2.75, 3.05) is 12.4 Å². The number of aromatic nitrogens is 2. The topological polar surface area (TPSA) is 90.1 Å². The Labute approximate surface area is 223 Å². The fourth-order valence-corrected chi connectivity index (χ4v) is 7.58. The average molecular weight is 531 g/mol. The van der Waals surface area contributed by atoms with Gasteiger partial charge in [-0.15, -0.1) is 11.3 Å². The Morgan fingerprint density at radius 3 is 2.81 bits per heavy atom. The number of thiazole rings is 1. The zero-order valence-corrected chi connectivity index (χ0v) is 22.7. The van der Waals surface area contributed by atoms with Gasteiger partial charge in [0.25, 0.3) is 5.91 Å². The largest absolute Gasteiger partial charge is 0.497 e. The minimum Gasteiger partial charge on any atom is -0.497 e. The van der Waals surface area contributed by atoms with Crippen molar-refractivity contribution in [3.8, 4) is 5.75 Å².